The lowest BCUT2D eigenvalue weighted by Crippen LogP contribution is -2.22. The van der Waals surface area contributed by atoms with Gasteiger partial charge in [-0.25, -0.2) is 0 Å². The van der Waals surface area contributed by atoms with Crippen molar-refractivity contribution in [2.24, 2.45) is 4.99 Å². The molecule has 0 fully saturated rings. The molecule has 1 aliphatic carbocycles. The summed E-state index contributed by atoms with van der Waals surface area (Å²) in [6.45, 7) is 2.12. The zero-order valence-electron chi connectivity index (χ0n) is 8.18. The number of hydrogen-bond donors (Lipinski definition) is 1. The molecule has 0 aromatic rings. The summed E-state index contributed by atoms with van der Waals surface area (Å²) in [6.07, 6.45) is 10.0. The summed E-state index contributed by atoms with van der Waals surface area (Å²) in [5, 5.41) is 3.42. The van der Waals surface area contributed by atoms with Gasteiger partial charge >= 0.3 is 0 Å². The van der Waals surface area contributed by atoms with E-state index in [-0.39, 0.29) is 0 Å². The zero-order chi connectivity index (χ0) is 8.93. The second-order valence-corrected chi connectivity index (χ2v) is 3.86. The number of allylic oxidation sites excluding steroid dienone is 1. The highest BCUT2D eigenvalue weighted by atomic mass is 15.0. The third-order valence-electron chi connectivity index (χ3n) is 2.78. The van der Waals surface area contributed by atoms with Crippen LogP contribution in [0.3, 0.4) is 0 Å². The van der Waals surface area contributed by atoms with E-state index in [1.165, 1.54) is 44.4 Å². The van der Waals surface area contributed by atoms with E-state index >= 15 is 0 Å². The summed E-state index contributed by atoms with van der Waals surface area (Å²) >= 11 is 0. The summed E-state index contributed by atoms with van der Waals surface area (Å²) in [7, 11) is 0. The van der Waals surface area contributed by atoms with Crippen LogP contribution in [0.25, 0.3) is 0 Å². The summed E-state index contributed by atoms with van der Waals surface area (Å²) in [4.78, 5) is 4.39. The average molecular weight is 178 g/mol. The van der Waals surface area contributed by atoms with Gasteiger partial charge in [-0.2, -0.15) is 0 Å². The van der Waals surface area contributed by atoms with Crippen LogP contribution in [0.1, 0.15) is 38.5 Å². The molecule has 0 unspecified atom stereocenters. The van der Waals surface area contributed by atoms with E-state index in [1.807, 2.05) is 0 Å². The van der Waals surface area contributed by atoms with E-state index in [9.17, 15) is 0 Å². The average Bonchev–Trinajstić information content (AvgIpc) is 2.75. The molecule has 1 N–H and O–H groups in total. The Morgan fingerprint density at radius 1 is 1.31 bits per heavy atom. The number of rotatable bonds is 3. The molecule has 2 heteroatoms. The number of nitrogens with zero attached hydrogens (tertiary/aromatic N) is 1. The van der Waals surface area contributed by atoms with Crippen LogP contribution in [0.15, 0.2) is 16.6 Å². The lowest BCUT2D eigenvalue weighted by molar-refractivity contribution is 0.803. The van der Waals surface area contributed by atoms with Gasteiger partial charge in [0, 0.05) is 19.5 Å². The Morgan fingerprint density at radius 2 is 2.31 bits per heavy atom. The molecule has 0 saturated carbocycles. The maximum atomic E-state index is 4.39. The minimum atomic E-state index is 1.03. The number of hydrogen-bond acceptors (Lipinski definition) is 2. The smallest absolute Gasteiger partial charge is 0.0963 e. The molecule has 1 aliphatic heterocycles. The van der Waals surface area contributed by atoms with Crippen molar-refractivity contribution in [2.75, 3.05) is 13.1 Å². The molecule has 2 nitrogen and oxygen atoms in total. The maximum absolute atomic E-state index is 4.39. The molecule has 1 heterocycles. The van der Waals surface area contributed by atoms with Crippen molar-refractivity contribution >= 4 is 5.84 Å². The van der Waals surface area contributed by atoms with Crippen LogP contribution in [0.4, 0.5) is 0 Å². The lowest BCUT2D eigenvalue weighted by atomic mass is 10.2. The molecule has 0 aromatic heterocycles. The molecule has 0 bridgehead atoms. The lowest BCUT2D eigenvalue weighted by Gasteiger charge is -2.05. The summed E-state index contributed by atoms with van der Waals surface area (Å²) < 4.78 is 0. The van der Waals surface area contributed by atoms with Crippen LogP contribution in [0.2, 0.25) is 0 Å². The van der Waals surface area contributed by atoms with Crippen LogP contribution in [-0.2, 0) is 0 Å². The Bertz CT molecular complexity index is 204. The van der Waals surface area contributed by atoms with Crippen molar-refractivity contribution < 1.29 is 0 Å². The second kappa shape index (κ2) is 4.45. The molecule has 0 aromatic carbocycles. The Morgan fingerprint density at radius 3 is 3.00 bits per heavy atom. The molecule has 0 atom stereocenters. The molecule has 0 spiro atoms. The monoisotopic (exact) mass is 178 g/mol. The summed E-state index contributed by atoms with van der Waals surface area (Å²) in [6, 6.07) is 0. The first-order valence-electron chi connectivity index (χ1n) is 5.40. The topological polar surface area (TPSA) is 24.4 Å². The highest BCUT2D eigenvalue weighted by molar-refractivity contribution is 5.83. The van der Waals surface area contributed by atoms with E-state index in [2.05, 4.69) is 16.4 Å². The predicted molar refractivity (Wildman–Crippen MR) is 56.1 cm³/mol. The zero-order valence-corrected chi connectivity index (χ0v) is 8.18. The van der Waals surface area contributed by atoms with E-state index in [0.29, 0.717) is 0 Å². The van der Waals surface area contributed by atoms with Crippen molar-refractivity contribution in [1.29, 1.82) is 0 Å². The molecule has 13 heavy (non-hydrogen) atoms. The van der Waals surface area contributed by atoms with Crippen LogP contribution < -0.4 is 5.32 Å². The van der Waals surface area contributed by atoms with Crippen LogP contribution >= 0.6 is 0 Å². The predicted octanol–water partition coefficient (Wildman–Crippen LogP) is 2.27. The SMILES string of the molecule is C1=C(CCNC2=NCCC2)CCC1. The maximum Gasteiger partial charge on any atom is 0.0963 e. The Kier molecular flexibility index (Phi) is 3.01. The Hall–Kier alpha value is -0.790. The van der Waals surface area contributed by atoms with Crippen molar-refractivity contribution in [3.8, 4) is 0 Å². The third kappa shape index (κ3) is 2.58. The molecule has 72 valence electrons. The first-order valence-corrected chi connectivity index (χ1v) is 5.40. The van der Waals surface area contributed by atoms with Gasteiger partial charge in [-0.3, -0.25) is 4.99 Å². The summed E-state index contributed by atoms with van der Waals surface area (Å²) in [5.41, 5.74) is 1.64. The van der Waals surface area contributed by atoms with Gasteiger partial charge < -0.3 is 5.32 Å². The van der Waals surface area contributed by atoms with E-state index in [0.717, 1.165) is 13.1 Å². The molecular formula is C11H18N2. The van der Waals surface area contributed by atoms with E-state index in [1.54, 1.807) is 5.57 Å². The summed E-state index contributed by atoms with van der Waals surface area (Å²) in [5.74, 6) is 1.23. The quantitative estimate of drug-likeness (QED) is 0.659. The van der Waals surface area contributed by atoms with Gasteiger partial charge in [0.25, 0.3) is 0 Å². The third-order valence-corrected chi connectivity index (χ3v) is 2.78. The molecule has 2 rings (SSSR count). The van der Waals surface area contributed by atoms with Gasteiger partial charge in [0.1, 0.15) is 0 Å². The first-order chi connectivity index (χ1) is 6.45. The molecule has 0 amide bonds. The number of aliphatic imine (C=N–C) groups is 1. The Balaban J connectivity index is 1.63. The van der Waals surface area contributed by atoms with Crippen molar-refractivity contribution in [3.63, 3.8) is 0 Å². The van der Waals surface area contributed by atoms with Gasteiger partial charge in [-0.1, -0.05) is 11.6 Å². The normalized spacial score (nSPS) is 21.5. The fourth-order valence-corrected chi connectivity index (χ4v) is 2.02. The van der Waals surface area contributed by atoms with Crippen molar-refractivity contribution in [2.45, 2.75) is 38.5 Å². The minimum absolute atomic E-state index is 1.03. The van der Waals surface area contributed by atoms with Crippen LogP contribution in [0, 0.1) is 0 Å². The number of nitrogens with one attached hydrogen (secondary N) is 1. The molecule has 0 radical (unpaired) electrons. The minimum Gasteiger partial charge on any atom is -0.374 e. The van der Waals surface area contributed by atoms with Gasteiger partial charge in [-0.15, -0.1) is 0 Å². The molecule has 0 saturated heterocycles. The van der Waals surface area contributed by atoms with E-state index < -0.39 is 0 Å². The van der Waals surface area contributed by atoms with Crippen LogP contribution in [0.5, 0.6) is 0 Å². The first kappa shape index (κ1) is 8.79. The van der Waals surface area contributed by atoms with Gasteiger partial charge in [0.05, 0.1) is 5.84 Å². The largest absolute Gasteiger partial charge is 0.374 e. The highest BCUT2D eigenvalue weighted by Crippen LogP contribution is 2.19. The van der Waals surface area contributed by atoms with E-state index in [4.69, 9.17) is 0 Å². The standard InChI is InChI=1S/C11H18N2/c1-2-5-10(4-1)7-9-13-11-6-3-8-12-11/h4H,1-3,5-9H2,(H,12,13). The van der Waals surface area contributed by atoms with Gasteiger partial charge in [-0.05, 0) is 32.1 Å². The highest BCUT2D eigenvalue weighted by Gasteiger charge is 2.06. The van der Waals surface area contributed by atoms with Gasteiger partial charge in [0.15, 0.2) is 0 Å². The van der Waals surface area contributed by atoms with Crippen molar-refractivity contribution in [3.05, 3.63) is 11.6 Å². The second-order valence-electron chi connectivity index (χ2n) is 3.86. The van der Waals surface area contributed by atoms with Crippen molar-refractivity contribution in [1.82, 2.24) is 5.32 Å². The fraction of sp³-hybridized carbons (Fsp3) is 0.727. The fourth-order valence-electron chi connectivity index (χ4n) is 2.02. The number of amidine groups is 1. The van der Waals surface area contributed by atoms with Crippen LogP contribution in [-0.4, -0.2) is 18.9 Å². The molecule has 2 aliphatic rings. The Labute approximate surface area is 80.1 Å². The molecular weight excluding hydrogens is 160 g/mol. The van der Waals surface area contributed by atoms with Gasteiger partial charge in [0.2, 0.25) is 0 Å².